The maximum Gasteiger partial charge on any atom is 0.211 e. The van der Waals surface area contributed by atoms with E-state index >= 15 is 0 Å². The van der Waals surface area contributed by atoms with Crippen LogP contribution < -0.4 is 4.74 Å². The third-order valence-corrected chi connectivity index (χ3v) is 3.91. The fraction of sp³-hybridized carbons (Fsp3) is 0.267. The quantitative estimate of drug-likeness (QED) is 0.677. The number of hydrogen-bond donors (Lipinski definition) is 1. The van der Waals surface area contributed by atoms with Crippen molar-refractivity contribution in [3.8, 4) is 10.9 Å². The van der Waals surface area contributed by atoms with E-state index in [0.29, 0.717) is 12.3 Å². The maximum atomic E-state index is 9.40. The average molecular weight is 316 g/mol. The lowest BCUT2D eigenvalue weighted by Gasteiger charge is -2.07. The second-order valence-electron chi connectivity index (χ2n) is 4.63. The molecule has 3 aromatic rings. The highest BCUT2D eigenvalue weighted by atomic mass is 32.1. The Kier molecular flexibility index (Phi) is 4.77. The fourth-order valence-corrected chi connectivity index (χ4v) is 2.74. The minimum absolute atomic E-state index is 0.125. The largest absolute Gasteiger partial charge is 0.494 e. The highest BCUT2D eigenvalue weighted by molar-refractivity contribution is 7.12. The van der Waals surface area contributed by atoms with Gasteiger partial charge in [-0.2, -0.15) is 4.68 Å². The van der Waals surface area contributed by atoms with Crippen LogP contribution in [-0.2, 0) is 13.0 Å². The van der Waals surface area contributed by atoms with Crippen LogP contribution >= 0.6 is 11.3 Å². The summed E-state index contributed by atoms with van der Waals surface area (Å²) >= 11 is 1.49. The third-order valence-electron chi connectivity index (χ3n) is 3.16. The molecule has 0 atom stereocenters. The number of benzene rings is 1. The van der Waals surface area contributed by atoms with Gasteiger partial charge in [-0.15, -0.1) is 16.4 Å². The molecule has 0 aliphatic rings. The van der Waals surface area contributed by atoms with Crippen molar-refractivity contribution < 1.29 is 9.84 Å². The lowest BCUT2D eigenvalue weighted by atomic mass is 10.2. The third kappa shape index (κ3) is 3.32. The standard InChI is InChI=1S/C15H16N4O2S/c20-11-13-14(19(18-17-13)15-16-8-10-22-15)7-4-9-21-12-5-2-1-3-6-12/h1-3,5-6,8,10,20H,4,7,9,11H2. The van der Waals surface area contributed by atoms with Gasteiger partial charge in [0.15, 0.2) is 0 Å². The van der Waals surface area contributed by atoms with E-state index in [-0.39, 0.29) is 6.61 Å². The molecule has 2 heterocycles. The molecule has 0 amide bonds. The second kappa shape index (κ2) is 7.15. The number of ether oxygens (including phenoxy) is 1. The van der Waals surface area contributed by atoms with Gasteiger partial charge in [0.2, 0.25) is 5.13 Å². The van der Waals surface area contributed by atoms with Crippen molar-refractivity contribution in [3.05, 3.63) is 53.3 Å². The first-order chi connectivity index (χ1) is 10.9. The van der Waals surface area contributed by atoms with E-state index in [1.165, 1.54) is 11.3 Å². The van der Waals surface area contributed by atoms with Crippen LogP contribution in [0.25, 0.3) is 5.13 Å². The molecule has 1 aromatic carbocycles. The molecule has 22 heavy (non-hydrogen) atoms. The van der Waals surface area contributed by atoms with Crippen LogP contribution in [-0.4, -0.2) is 31.7 Å². The van der Waals surface area contributed by atoms with Gasteiger partial charge in [0.25, 0.3) is 0 Å². The normalized spacial score (nSPS) is 10.8. The first-order valence-corrected chi connectivity index (χ1v) is 7.88. The summed E-state index contributed by atoms with van der Waals surface area (Å²) in [6.45, 7) is 0.470. The monoisotopic (exact) mass is 316 g/mol. The molecule has 0 unspecified atom stereocenters. The smallest absolute Gasteiger partial charge is 0.211 e. The SMILES string of the molecule is OCc1nnn(-c2nccs2)c1CCCOc1ccccc1. The summed E-state index contributed by atoms with van der Waals surface area (Å²) in [5.74, 6) is 0.858. The molecule has 0 bridgehead atoms. The Morgan fingerprint density at radius 1 is 1.23 bits per heavy atom. The van der Waals surface area contributed by atoms with Gasteiger partial charge >= 0.3 is 0 Å². The topological polar surface area (TPSA) is 73.1 Å². The molecule has 0 fully saturated rings. The van der Waals surface area contributed by atoms with Crippen molar-refractivity contribution in [1.29, 1.82) is 0 Å². The molecule has 2 aromatic heterocycles. The van der Waals surface area contributed by atoms with Gasteiger partial charge in [-0.1, -0.05) is 23.4 Å². The van der Waals surface area contributed by atoms with E-state index < -0.39 is 0 Å². The molecule has 0 saturated carbocycles. The molecule has 0 aliphatic heterocycles. The minimum Gasteiger partial charge on any atom is -0.494 e. The highest BCUT2D eigenvalue weighted by Gasteiger charge is 2.14. The summed E-state index contributed by atoms with van der Waals surface area (Å²) in [4.78, 5) is 4.24. The second-order valence-corrected chi connectivity index (χ2v) is 5.51. The fourth-order valence-electron chi connectivity index (χ4n) is 2.13. The van der Waals surface area contributed by atoms with E-state index in [4.69, 9.17) is 4.74 Å². The zero-order valence-electron chi connectivity index (χ0n) is 11.9. The lowest BCUT2D eigenvalue weighted by Crippen LogP contribution is -2.06. The average Bonchev–Trinajstić information content (AvgIpc) is 3.21. The highest BCUT2D eigenvalue weighted by Crippen LogP contribution is 2.17. The Labute approximate surface area is 132 Å². The van der Waals surface area contributed by atoms with Crippen LogP contribution in [0.1, 0.15) is 17.8 Å². The summed E-state index contributed by atoms with van der Waals surface area (Å²) in [5, 5.41) is 20.1. The van der Waals surface area contributed by atoms with Crippen molar-refractivity contribution in [2.24, 2.45) is 0 Å². The Morgan fingerprint density at radius 2 is 2.09 bits per heavy atom. The van der Waals surface area contributed by atoms with Gasteiger partial charge in [0.05, 0.1) is 18.9 Å². The number of nitrogens with zero attached hydrogens (tertiary/aromatic N) is 4. The summed E-state index contributed by atoms with van der Waals surface area (Å²) < 4.78 is 7.38. The van der Waals surface area contributed by atoms with Crippen LogP contribution in [0.15, 0.2) is 41.9 Å². The summed E-state index contributed by atoms with van der Waals surface area (Å²) in [5.41, 5.74) is 1.48. The number of aliphatic hydroxyl groups is 1. The van der Waals surface area contributed by atoms with Gasteiger partial charge < -0.3 is 9.84 Å². The van der Waals surface area contributed by atoms with E-state index in [0.717, 1.165) is 29.4 Å². The van der Waals surface area contributed by atoms with Gasteiger partial charge in [0.1, 0.15) is 11.4 Å². The molecule has 0 spiro atoms. The molecular formula is C15H16N4O2S. The molecule has 114 valence electrons. The van der Waals surface area contributed by atoms with Crippen LogP contribution in [0, 0.1) is 0 Å². The van der Waals surface area contributed by atoms with Crippen LogP contribution in [0.4, 0.5) is 0 Å². The van der Waals surface area contributed by atoms with Crippen molar-refractivity contribution in [3.63, 3.8) is 0 Å². The molecule has 0 radical (unpaired) electrons. The summed E-state index contributed by atoms with van der Waals surface area (Å²) in [7, 11) is 0. The van der Waals surface area contributed by atoms with Gasteiger partial charge in [-0.25, -0.2) is 4.98 Å². The van der Waals surface area contributed by atoms with Crippen LogP contribution in [0.3, 0.4) is 0 Å². The summed E-state index contributed by atoms with van der Waals surface area (Å²) in [6, 6.07) is 9.71. The van der Waals surface area contributed by atoms with Crippen LogP contribution in [0.5, 0.6) is 5.75 Å². The number of hydrogen-bond acceptors (Lipinski definition) is 6. The van der Waals surface area contributed by atoms with E-state index in [1.807, 2.05) is 35.7 Å². The van der Waals surface area contributed by atoms with Gasteiger partial charge in [-0.05, 0) is 25.0 Å². The molecule has 0 saturated heterocycles. The minimum atomic E-state index is -0.125. The van der Waals surface area contributed by atoms with Crippen molar-refractivity contribution in [2.45, 2.75) is 19.4 Å². The first kappa shape index (κ1) is 14.7. The van der Waals surface area contributed by atoms with Gasteiger partial charge in [-0.3, -0.25) is 0 Å². The Bertz CT molecular complexity index is 698. The maximum absolute atomic E-state index is 9.40. The molecule has 3 rings (SSSR count). The van der Waals surface area contributed by atoms with E-state index in [2.05, 4.69) is 15.3 Å². The zero-order valence-corrected chi connectivity index (χ0v) is 12.7. The number of rotatable bonds is 7. The Balaban J connectivity index is 1.63. The predicted molar refractivity (Wildman–Crippen MR) is 83.2 cm³/mol. The van der Waals surface area contributed by atoms with Crippen molar-refractivity contribution in [1.82, 2.24) is 20.0 Å². The number of aromatic nitrogens is 4. The predicted octanol–water partition coefficient (Wildman–Crippen LogP) is 2.23. The first-order valence-electron chi connectivity index (χ1n) is 7.00. The van der Waals surface area contributed by atoms with Crippen molar-refractivity contribution in [2.75, 3.05) is 6.61 Å². The molecule has 0 aliphatic carbocycles. The molecule has 1 N–H and O–H groups in total. The molecular weight excluding hydrogens is 300 g/mol. The van der Waals surface area contributed by atoms with Crippen molar-refractivity contribution >= 4 is 11.3 Å². The van der Waals surface area contributed by atoms with E-state index in [1.54, 1.807) is 10.9 Å². The van der Waals surface area contributed by atoms with Crippen LogP contribution in [0.2, 0.25) is 0 Å². The molecule has 6 nitrogen and oxygen atoms in total. The number of aliphatic hydroxyl groups excluding tert-OH is 1. The Hall–Kier alpha value is -2.25. The van der Waals surface area contributed by atoms with E-state index in [9.17, 15) is 5.11 Å². The summed E-state index contributed by atoms with van der Waals surface area (Å²) in [6.07, 6.45) is 3.25. The Morgan fingerprint density at radius 3 is 2.82 bits per heavy atom. The number of thiazole rings is 1. The molecule has 7 heteroatoms. The number of para-hydroxylation sites is 1. The van der Waals surface area contributed by atoms with Gasteiger partial charge in [0, 0.05) is 11.6 Å². The zero-order chi connectivity index (χ0) is 15.2. The lowest BCUT2D eigenvalue weighted by molar-refractivity contribution is 0.274.